The van der Waals surface area contributed by atoms with Crippen LogP contribution in [0.15, 0.2) is 23.2 Å². The Kier molecular flexibility index (Phi) is 3.97. The van der Waals surface area contributed by atoms with Crippen LogP contribution in [0.5, 0.6) is 0 Å². The zero-order valence-corrected chi connectivity index (χ0v) is 11.4. The van der Waals surface area contributed by atoms with Crippen molar-refractivity contribution in [2.45, 2.75) is 18.6 Å². The first-order chi connectivity index (χ1) is 8.10. The van der Waals surface area contributed by atoms with Crippen LogP contribution in [0.2, 0.25) is 10.0 Å². The van der Waals surface area contributed by atoms with Crippen LogP contribution < -0.4 is 5.32 Å². The number of carbonyl (C=O) groups excluding carboxylic acids is 1. The number of benzene rings is 1. The van der Waals surface area contributed by atoms with Crippen molar-refractivity contribution in [3.63, 3.8) is 0 Å². The van der Waals surface area contributed by atoms with Crippen LogP contribution in [0.25, 0.3) is 0 Å². The van der Waals surface area contributed by atoms with Gasteiger partial charge in [0.1, 0.15) is 0 Å². The fourth-order valence-corrected chi connectivity index (χ4v) is 2.77. The van der Waals surface area contributed by atoms with Gasteiger partial charge in [-0.25, -0.2) is 4.99 Å². The molecule has 2 rings (SSSR count). The van der Waals surface area contributed by atoms with Gasteiger partial charge in [-0.2, -0.15) is 0 Å². The third kappa shape index (κ3) is 2.94. The smallest absolute Gasteiger partial charge is 0.239 e. The van der Waals surface area contributed by atoms with Gasteiger partial charge < -0.3 is 5.32 Å². The molecule has 1 N–H and O–H groups in total. The molecule has 1 saturated heterocycles. The van der Waals surface area contributed by atoms with E-state index >= 15 is 0 Å². The van der Waals surface area contributed by atoms with E-state index in [9.17, 15) is 4.79 Å². The van der Waals surface area contributed by atoms with E-state index in [-0.39, 0.29) is 11.2 Å². The van der Waals surface area contributed by atoms with Crippen molar-refractivity contribution in [2.24, 2.45) is 4.99 Å². The van der Waals surface area contributed by atoms with E-state index in [0.29, 0.717) is 20.9 Å². The molecule has 1 fully saturated rings. The monoisotopic (exact) mass is 288 g/mol. The summed E-state index contributed by atoms with van der Waals surface area (Å²) in [5.74, 6) is 0.00124. The van der Waals surface area contributed by atoms with E-state index in [0.717, 1.165) is 6.42 Å². The number of carbonyl (C=O) groups is 1. The molecule has 1 aromatic carbocycles. The van der Waals surface area contributed by atoms with Crippen LogP contribution in [0.3, 0.4) is 0 Å². The van der Waals surface area contributed by atoms with Crippen LogP contribution in [-0.4, -0.2) is 16.3 Å². The summed E-state index contributed by atoms with van der Waals surface area (Å²) in [6, 6.07) is 5.07. The number of hydrogen-bond donors (Lipinski definition) is 1. The molecular weight excluding hydrogens is 279 g/mol. The number of rotatable bonds is 2. The minimum Gasteiger partial charge on any atom is -0.304 e. The lowest BCUT2D eigenvalue weighted by Crippen LogP contribution is -2.24. The minimum absolute atomic E-state index is 0.00124. The van der Waals surface area contributed by atoms with E-state index < -0.39 is 0 Å². The first-order valence-electron chi connectivity index (χ1n) is 5.11. The number of thioether (sulfide) groups is 1. The Morgan fingerprint density at radius 1 is 1.47 bits per heavy atom. The zero-order valence-electron chi connectivity index (χ0n) is 9.04. The van der Waals surface area contributed by atoms with E-state index in [1.54, 1.807) is 18.2 Å². The van der Waals surface area contributed by atoms with Crippen LogP contribution >= 0.6 is 35.0 Å². The van der Waals surface area contributed by atoms with E-state index in [2.05, 4.69) is 10.3 Å². The molecule has 6 heteroatoms. The van der Waals surface area contributed by atoms with Crippen LogP contribution in [0, 0.1) is 0 Å². The van der Waals surface area contributed by atoms with Gasteiger partial charge in [-0.3, -0.25) is 4.79 Å². The predicted octanol–water partition coefficient (Wildman–Crippen LogP) is 3.62. The summed E-state index contributed by atoms with van der Waals surface area (Å²) in [5.41, 5.74) is 0.607. The Balaban J connectivity index is 2.23. The topological polar surface area (TPSA) is 41.5 Å². The summed E-state index contributed by atoms with van der Waals surface area (Å²) in [7, 11) is 0. The van der Waals surface area contributed by atoms with Crippen LogP contribution in [0.1, 0.15) is 13.3 Å². The summed E-state index contributed by atoms with van der Waals surface area (Å²) in [6.07, 6.45) is 0.782. The van der Waals surface area contributed by atoms with Gasteiger partial charge in [0.2, 0.25) is 5.91 Å². The summed E-state index contributed by atoms with van der Waals surface area (Å²) < 4.78 is 0. The molecule has 1 amide bonds. The number of nitrogens with one attached hydrogen (secondary N) is 1. The Bertz CT molecular complexity index is 490. The maximum atomic E-state index is 11.5. The lowest BCUT2D eigenvalue weighted by Gasteiger charge is -2.00. The number of nitrogens with zero attached hydrogens (tertiary/aromatic N) is 1. The van der Waals surface area contributed by atoms with Crippen molar-refractivity contribution in [3.05, 3.63) is 28.2 Å². The molecule has 0 spiro atoms. The molecule has 1 atom stereocenters. The average Bonchev–Trinajstić information content (AvgIpc) is 2.63. The van der Waals surface area contributed by atoms with Gasteiger partial charge in [-0.1, -0.05) is 41.9 Å². The fraction of sp³-hybridized carbons (Fsp3) is 0.273. The van der Waals surface area contributed by atoms with Gasteiger partial charge in [-0.05, 0) is 24.6 Å². The molecule has 0 radical (unpaired) electrons. The van der Waals surface area contributed by atoms with Crippen LogP contribution in [-0.2, 0) is 4.79 Å². The quantitative estimate of drug-likeness (QED) is 0.903. The van der Waals surface area contributed by atoms with Gasteiger partial charge >= 0.3 is 0 Å². The van der Waals surface area contributed by atoms with Crippen molar-refractivity contribution >= 4 is 51.7 Å². The molecule has 1 aliphatic heterocycles. The highest BCUT2D eigenvalue weighted by atomic mass is 35.5. The van der Waals surface area contributed by atoms with Gasteiger partial charge in [0.15, 0.2) is 5.17 Å². The molecule has 0 saturated carbocycles. The molecule has 1 heterocycles. The molecule has 0 aromatic heterocycles. The number of amidine groups is 1. The number of amides is 1. The fourth-order valence-electron chi connectivity index (χ4n) is 1.41. The highest BCUT2D eigenvalue weighted by molar-refractivity contribution is 8.15. The second kappa shape index (κ2) is 5.29. The molecule has 0 bridgehead atoms. The first-order valence-corrected chi connectivity index (χ1v) is 6.75. The second-order valence-corrected chi connectivity index (χ2v) is 5.55. The summed E-state index contributed by atoms with van der Waals surface area (Å²) >= 11 is 13.2. The zero-order chi connectivity index (χ0) is 12.4. The molecular formula is C11H10Cl2N2OS. The largest absolute Gasteiger partial charge is 0.304 e. The maximum absolute atomic E-state index is 11.5. The minimum atomic E-state index is -0.0557. The Morgan fingerprint density at radius 2 is 2.24 bits per heavy atom. The number of aliphatic imine (C=N–C) groups is 1. The van der Waals surface area contributed by atoms with Crippen LogP contribution in [0.4, 0.5) is 5.69 Å². The molecule has 17 heavy (non-hydrogen) atoms. The second-order valence-electron chi connectivity index (χ2n) is 3.52. The highest BCUT2D eigenvalue weighted by Crippen LogP contribution is 2.30. The van der Waals surface area contributed by atoms with Gasteiger partial charge in [0, 0.05) is 5.02 Å². The van der Waals surface area contributed by atoms with E-state index in [1.165, 1.54) is 11.8 Å². The number of halogens is 2. The summed E-state index contributed by atoms with van der Waals surface area (Å²) in [6.45, 7) is 1.97. The van der Waals surface area contributed by atoms with E-state index in [4.69, 9.17) is 23.2 Å². The summed E-state index contributed by atoms with van der Waals surface area (Å²) in [4.78, 5) is 15.8. The molecule has 90 valence electrons. The number of hydrogen-bond acceptors (Lipinski definition) is 3. The third-order valence-electron chi connectivity index (χ3n) is 2.28. The normalized spacial score (nSPS) is 21.9. The molecule has 0 unspecified atom stereocenters. The van der Waals surface area contributed by atoms with Crippen molar-refractivity contribution in [2.75, 3.05) is 0 Å². The standard InChI is InChI=1S/C11H10Cl2N2OS/c1-2-9-10(16)15-11(17-9)14-8-4-3-6(12)5-7(8)13/h3-5,9H,2H2,1H3,(H,14,15,16)/t9-/m0/s1. The van der Waals surface area contributed by atoms with Crippen molar-refractivity contribution in [1.82, 2.24) is 5.32 Å². The molecule has 1 aliphatic rings. The van der Waals surface area contributed by atoms with Gasteiger partial charge in [-0.15, -0.1) is 0 Å². The lowest BCUT2D eigenvalue weighted by molar-refractivity contribution is -0.118. The third-order valence-corrected chi connectivity index (χ3v) is 4.07. The molecule has 3 nitrogen and oxygen atoms in total. The lowest BCUT2D eigenvalue weighted by atomic mass is 10.3. The SMILES string of the molecule is CC[C@@H]1SC(=Nc2ccc(Cl)cc2Cl)NC1=O. The van der Waals surface area contributed by atoms with Gasteiger partial charge in [0.05, 0.1) is 16.0 Å². The van der Waals surface area contributed by atoms with Crippen molar-refractivity contribution in [3.8, 4) is 0 Å². The Labute approximate surface area is 114 Å². The highest BCUT2D eigenvalue weighted by Gasteiger charge is 2.28. The average molecular weight is 289 g/mol. The predicted molar refractivity (Wildman–Crippen MR) is 73.4 cm³/mol. The Morgan fingerprint density at radius 3 is 2.82 bits per heavy atom. The van der Waals surface area contributed by atoms with Crippen molar-refractivity contribution in [1.29, 1.82) is 0 Å². The first kappa shape index (κ1) is 12.7. The Hall–Kier alpha value is -0.710. The maximum Gasteiger partial charge on any atom is 0.239 e. The molecule has 1 aromatic rings. The van der Waals surface area contributed by atoms with E-state index in [1.807, 2.05) is 6.92 Å². The summed E-state index contributed by atoms with van der Waals surface area (Å²) in [5, 5.41) is 4.30. The van der Waals surface area contributed by atoms with Crippen molar-refractivity contribution < 1.29 is 4.79 Å². The molecule has 0 aliphatic carbocycles. The van der Waals surface area contributed by atoms with Gasteiger partial charge in [0.25, 0.3) is 0 Å².